The third-order valence-electron chi connectivity index (χ3n) is 4.61. The molecule has 0 saturated heterocycles. The van der Waals surface area contributed by atoms with Crippen molar-refractivity contribution in [2.45, 2.75) is 34.6 Å². The van der Waals surface area contributed by atoms with Gasteiger partial charge in [-0.3, -0.25) is 4.99 Å². The Balaban J connectivity index is 1.94. The fourth-order valence-corrected chi connectivity index (χ4v) is 3.54. The minimum atomic E-state index is 0.647. The summed E-state index contributed by atoms with van der Waals surface area (Å²) in [6.07, 6.45) is 0. The normalized spacial score (nSPS) is 12.4. The van der Waals surface area contributed by atoms with Gasteiger partial charge in [0.2, 0.25) is 0 Å². The van der Waals surface area contributed by atoms with Crippen molar-refractivity contribution in [2.24, 2.45) is 9.98 Å². The molecule has 2 aromatic carbocycles. The maximum atomic E-state index is 6.41. The molecule has 0 amide bonds. The zero-order valence-electron chi connectivity index (χ0n) is 17.2. The summed E-state index contributed by atoms with van der Waals surface area (Å²) in [6, 6.07) is 15.6. The van der Waals surface area contributed by atoms with Gasteiger partial charge in [0.15, 0.2) is 0 Å². The van der Waals surface area contributed by atoms with Crippen LogP contribution in [0, 0.1) is 20.8 Å². The molecule has 3 rings (SSSR count). The lowest BCUT2D eigenvalue weighted by atomic mass is 10.1. The SMILES string of the molecule is CC(=Nc1ccc(Cl)c(C)c1)c1cccc(C(C)=Nc2c(C)cc(C)cc2Cl)n1. The Morgan fingerprint density at radius 2 is 1.41 bits per heavy atom. The van der Waals surface area contributed by atoms with Crippen molar-refractivity contribution in [3.63, 3.8) is 0 Å². The van der Waals surface area contributed by atoms with E-state index in [9.17, 15) is 0 Å². The summed E-state index contributed by atoms with van der Waals surface area (Å²) >= 11 is 12.5. The number of benzene rings is 2. The second-order valence-electron chi connectivity index (χ2n) is 7.15. The number of aromatic nitrogens is 1. The summed E-state index contributed by atoms with van der Waals surface area (Å²) in [4.78, 5) is 14.2. The van der Waals surface area contributed by atoms with Crippen LogP contribution in [-0.2, 0) is 0 Å². The molecule has 0 unspecified atom stereocenters. The number of hydrogen-bond donors (Lipinski definition) is 0. The average Bonchev–Trinajstić information content (AvgIpc) is 2.67. The smallest absolute Gasteiger partial charge is 0.0849 e. The summed E-state index contributed by atoms with van der Waals surface area (Å²) in [7, 11) is 0. The lowest BCUT2D eigenvalue weighted by Gasteiger charge is -2.08. The molecule has 0 aliphatic heterocycles. The van der Waals surface area contributed by atoms with Gasteiger partial charge in [0.05, 0.1) is 39.2 Å². The first-order valence-corrected chi connectivity index (χ1v) is 10.1. The Hall–Kier alpha value is -2.49. The average molecular weight is 424 g/mol. The number of aliphatic imine (C=N–C) groups is 2. The Morgan fingerprint density at radius 1 is 0.759 bits per heavy atom. The van der Waals surface area contributed by atoms with E-state index in [1.54, 1.807) is 0 Å². The number of hydrogen-bond acceptors (Lipinski definition) is 3. The second-order valence-corrected chi connectivity index (χ2v) is 7.96. The van der Waals surface area contributed by atoms with E-state index in [0.717, 1.165) is 55.9 Å². The van der Waals surface area contributed by atoms with Gasteiger partial charge in [0.25, 0.3) is 0 Å². The highest BCUT2D eigenvalue weighted by atomic mass is 35.5. The van der Waals surface area contributed by atoms with Crippen molar-refractivity contribution in [1.29, 1.82) is 0 Å². The Bertz CT molecular complexity index is 1110. The Morgan fingerprint density at radius 3 is 2.03 bits per heavy atom. The van der Waals surface area contributed by atoms with Crippen LogP contribution in [0.2, 0.25) is 10.0 Å². The second kappa shape index (κ2) is 8.89. The predicted octanol–water partition coefficient (Wildman–Crippen LogP) is 7.60. The van der Waals surface area contributed by atoms with Crippen molar-refractivity contribution < 1.29 is 0 Å². The third-order valence-corrected chi connectivity index (χ3v) is 5.32. The van der Waals surface area contributed by atoms with Crippen LogP contribution in [0.4, 0.5) is 11.4 Å². The van der Waals surface area contributed by atoms with Crippen LogP contribution in [-0.4, -0.2) is 16.4 Å². The molecule has 0 saturated carbocycles. The van der Waals surface area contributed by atoms with Crippen LogP contribution in [0.25, 0.3) is 0 Å². The van der Waals surface area contributed by atoms with Crippen LogP contribution in [0.15, 0.2) is 58.5 Å². The predicted molar refractivity (Wildman–Crippen MR) is 125 cm³/mol. The zero-order chi connectivity index (χ0) is 21.1. The van der Waals surface area contributed by atoms with E-state index in [0.29, 0.717) is 5.02 Å². The zero-order valence-corrected chi connectivity index (χ0v) is 18.7. The number of aryl methyl sites for hydroxylation is 3. The van der Waals surface area contributed by atoms with E-state index in [4.69, 9.17) is 33.2 Å². The molecule has 3 nitrogen and oxygen atoms in total. The summed E-state index contributed by atoms with van der Waals surface area (Å²) in [5.74, 6) is 0. The van der Waals surface area contributed by atoms with Gasteiger partial charge in [-0.25, -0.2) is 9.98 Å². The molecular weight excluding hydrogens is 401 g/mol. The van der Waals surface area contributed by atoms with Gasteiger partial charge >= 0.3 is 0 Å². The number of halogens is 2. The van der Waals surface area contributed by atoms with E-state index in [-0.39, 0.29) is 0 Å². The van der Waals surface area contributed by atoms with Crippen molar-refractivity contribution >= 4 is 46.0 Å². The molecule has 5 heteroatoms. The number of pyridine rings is 1. The Kier molecular flexibility index (Phi) is 6.51. The first-order valence-electron chi connectivity index (χ1n) is 9.36. The van der Waals surface area contributed by atoms with E-state index < -0.39 is 0 Å². The van der Waals surface area contributed by atoms with Crippen molar-refractivity contribution in [1.82, 2.24) is 4.98 Å². The molecule has 0 radical (unpaired) electrons. The van der Waals surface area contributed by atoms with Crippen molar-refractivity contribution in [2.75, 3.05) is 0 Å². The van der Waals surface area contributed by atoms with E-state index in [1.165, 1.54) is 0 Å². The molecule has 1 aromatic heterocycles. The molecule has 1 heterocycles. The van der Waals surface area contributed by atoms with Crippen LogP contribution < -0.4 is 0 Å². The molecule has 0 bridgehead atoms. The van der Waals surface area contributed by atoms with Crippen molar-refractivity contribution in [3.05, 3.63) is 86.7 Å². The molecule has 29 heavy (non-hydrogen) atoms. The molecular formula is C24H23Cl2N3. The number of nitrogens with zero attached hydrogens (tertiary/aromatic N) is 3. The van der Waals surface area contributed by atoms with Crippen LogP contribution >= 0.6 is 23.2 Å². The summed E-state index contributed by atoms with van der Waals surface area (Å²) in [5.41, 5.74) is 8.01. The van der Waals surface area contributed by atoms with Gasteiger partial charge in [-0.15, -0.1) is 0 Å². The van der Waals surface area contributed by atoms with Crippen LogP contribution in [0.1, 0.15) is 41.9 Å². The third kappa shape index (κ3) is 5.11. The van der Waals surface area contributed by atoms with E-state index in [2.05, 4.69) is 11.1 Å². The minimum absolute atomic E-state index is 0.647. The molecule has 3 aromatic rings. The maximum Gasteiger partial charge on any atom is 0.0849 e. The fraction of sp³-hybridized carbons (Fsp3) is 0.208. The number of rotatable bonds is 4. The highest BCUT2D eigenvalue weighted by Crippen LogP contribution is 2.30. The first kappa shape index (κ1) is 21.2. The molecule has 0 aliphatic carbocycles. The topological polar surface area (TPSA) is 37.6 Å². The minimum Gasteiger partial charge on any atom is -0.252 e. The van der Waals surface area contributed by atoms with Crippen molar-refractivity contribution in [3.8, 4) is 0 Å². The highest BCUT2D eigenvalue weighted by Gasteiger charge is 2.08. The lowest BCUT2D eigenvalue weighted by Crippen LogP contribution is -2.05. The molecule has 0 spiro atoms. The van der Waals surface area contributed by atoms with Gasteiger partial charge in [-0.05, 0) is 87.7 Å². The summed E-state index contributed by atoms with van der Waals surface area (Å²) in [6.45, 7) is 9.89. The van der Waals surface area contributed by atoms with Gasteiger partial charge in [-0.1, -0.05) is 35.3 Å². The van der Waals surface area contributed by atoms with Gasteiger partial charge < -0.3 is 0 Å². The lowest BCUT2D eigenvalue weighted by molar-refractivity contribution is 1.23. The monoisotopic (exact) mass is 423 g/mol. The van der Waals surface area contributed by atoms with Gasteiger partial charge in [0, 0.05) is 5.02 Å². The van der Waals surface area contributed by atoms with Crippen LogP contribution in [0.3, 0.4) is 0 Å². The summed E-state index contributed by atoms with van der Waals surface area (Å²) in [5, 5.41) is 1.38. The van der Waals surface area contributed by atoms with Crippen LogP contribution in [0.5, 0.6) is 0 Å². The van der Waals surface area contributed by atoms with Gasteiger partial charge in [-0.2, -0.15) is 0 Å². The first-order chi connectivity index (χ1) is 13.7. The maximum absolute atomic E-state index is 6.41. The molecule has 0 N–H and O–H groups in total. The molecule has 0 atom stereocenters. The highest BCUT2D eigenvalue weighted by molar-refractivity contribution is 6.33. The quantitative estimate of drug-likeness (QED) is 0.398. The molecule has 148 valence electrons. The Labute approximate surface area is 182 Å². The van der Waals surface area contributed by atoms with E-state index in [1.807, 2.05) is 77.1 Å². The molecule has 0 fully saturated rings. The largest absolute Gasteiger partial charge is 0.252 e. The van der Waals surface area contributed by atoms with E-state index >= 15 is 0 Å². The fourth-order valence-electron chi connectivity index (χ4n) is 3.06. The molecule has 0 aliphatic rings. The summed E-state index contributed by atoms with van der Waals surface area (Å²) < 4.78 is 0. The standard InChI is InChI=1S/C24H23Cl2N3/c1-14-11-16(3)24(21(26)12-14)28-18(5)23-8-6-7-22(29-23)17(4)27-19-9-10-20(25)15(2)13-19/h6-13H,1-5H3. The van der Waals surface area contributed by atoms with Gasteiger partial charge in [0.1, 0.15) is 0 Å².